The van der Waals surface area contributed by atoms with Crippen molar-refractivity contribution in [3.05, 3.63) is 0 Å². The third-order valence-corrected chi connectivity index (χ3v) is 4.68. The highest BCUT2D eigenvalue weighted by Crippen LogP contribution is 2.00. The fourth-order valence-electron chi connectivity index (χ4n) is 1.06. The number of rotatable bonds is 6. The molecule has 0 aliphatic heterocycles. The molecule has 4 nitrogen and oxygen atoms in total. The molecule has 0 aromatic carbocycles. The van der Waals surface area contributed by atoms with Gasteiger partial charge in [-0.15, -0.1) is 0 Å². The zero-order valence-corrected chi connectivity index (χ0v) is 8.40. The van der Waals surface area contributed by atoms with Gasteiger partial charge < -0.3 is 20.9 Å². The maximum absolute atomic E-state index is 5.56. The Morgan fingerprint density at radius 3 is 2.09 bits per heavy atom. The van der Waals surface area contributed by atoms with Crippen molar-refractivity contribution in [2.75, 3.05) is 26.9 Å². The summed E-state index contributed by atoms with van der Waals surface area (Å²) in [5.41, 5.74) is 11.0. The van der Waals surface area contributed by atoms with E-state index in [1.165, 1.54) is 0 Å². The number of hydrogen-bond donors (Lipinski definition) is 2. The lowest BCUT2D eigenvalue weighted by Gasteiger charge is -2.21. The van der Waals surface area contributed by atoms with E-state index >= 15 is 0 Å². The molecule has 11 heavy (non-hydrogen) atoms. The average Bonchev–Trinajstić information content (AvgIpc) is 2.05. The van der Waals surface area contributed by atoms with Crippen LogP contribution in [0, 0.1) is 0 Å². The first-order valence-corrected chi connectivity index (χ1v) is 6.05. The summed E-state index contributed by atoms with van der Waals surface area (Å²) < 4.78 is 10.2. The van der Waals surface area contributed by atoms with Crippen LogP contribution in [0.1, 0.15) is 0 Å². The summed E-state index contributed by atoms with van der Waals surface area (Å²) in [6, 6.07) is 0.975. The largest absolute Gasteiger partial charge is 0.360 e. The van der Waals surface area contributed by atoms with Gasteiger partial charge in [-0.2, -0.15) is 0 Å². The average molecular weight is 178 g/mol. The molecule has 0 bridgehead atoms. The van der Waals surface area contributed by atoms with E-state index in [0.29, 0.717) is 12.7 Å². The summed E-state index contributed by atoms with van der Waals surface area (Å²) in [5, 5.41) is 0. The van der Waals surface area contributed by atoms with Crippen molar-refractivity contribution >= 4 is 8.80 Å². The van der Waals surface area contributed by atoms with Gasteiger partial charge in [-0.05, 0) is 18.8 Å². The lowest BCUT2D eigenvalue weighted by Crippen LogP contribution is -2.42. The summed E-state index contributed by atoms with van der Waals surface area (Å²) in [4.78, 5) is 0. The SMILES string of the molecule is COC(OC)[SiH](CN)CCN. The number of nitrogens with two attached hydrogens (primary N) is 2. The number of methoxy groups -OCH3 is 2. The Morgan fingerprint density at radius 1 is 1.27 bits per heavy atom. The summed E-state index contributed by atoms with van der Waals surface area (Å²) in [6.07, 6.45) is 0.684. The van der Waals surface area contributed by atoms with Crippen LogP contribution < -0.4 is 11.5 Å². The standard InChI is InChI=1S/C6H18N2O2Si/c1-9-6(10-2)11(5-8)4-3-7/h6,11H,3-5,7-8H2,1-2H3. The molecule has 0 fully saturated rings. The quantitative estimate of drug-likeness (QED) is 0.397. The van der Waals surface area contributed by atoms with Crippen LogP contribution in [0.2, 0.25) is 6.04 Å². The zero-order valence-electron chi connectivity index (χ0n) is 7.25. The van der Waals surface area contributed by atoms with Crippen molar-refractivity contribution in [1.82, 2.24) is 0 Å². The first kappa shape index (κ1) is 11.1. The Labute approximate surface area is 69.4 Å². The summed E-state index contributed by atoms with van der Waals surface area (Å²) in [7, 11) is 2.16. The molecule has 0 heterocycles. The zero-order chi connectivity index (χ0) is 8.69. The third kappa shape index (κ3) is 3.83. The summed E-state index contributed by atoms with van der Waals surface area (Å²) in [5.74, 6) is -0.0800. The highest BCUT2D eigenvalue weighted by Gasteiger charge is 2.19. The van der Waals surface area contributed by atoms with Crippen molar-refractivity contribution in [3.8, 4) is 0 Å². The van der Waals surface area contributed by atoms with Crippen LogP contribution in [0.5, 0.6) is 0 Å². The molecule has 0 rings (SSSR count). The first-order valence-electron chi connectivity index (χ1n) is 3.75. The molecule has 0 amide bonds. The second kappa shape index (κ2) is 6.75. The highest BCUT2D eigenvalue weighted by atomic mass is 28.3. The molecular formula is C6H18N2O2Si. The van der Waals surface area contributed by atoms with Gasteiger partial charge in [-0.1, -0.05) is 0 Å². The van der Waals surface area contributed by atoms with Gasteiger partial charge in [0, 0.05) is 14.2 Å². The van der Waals surface area contributed by atoms with Gasteiger partial charge in [0.25, 0.3) is 0 Å². The minimum absolute atomic E-state index is 0.0800. The van der Waals surface area contributed by atoms with Crippen molar-refractivity contribution in [1.29, 1.82) is 0 Å². The predicted octanol–water partition coefficient (Wildman–Crippen LogP) is -1.17. The maximum Gasteiger partial charge on any atom is 0.138 e. The fraction of sp³-hybridized carbons (Fsp3) is 1.00. The Bertz CT molecular complexity index is 90.7. The van der Waals surface area contributed by atoms with E-state index in [2.05, 4.69) is 0 Å². The van der Waals surface area contributed by atoms with E-state index in [9.17, 15) is 0 Å². The Morgan fingerprint density at radius 2 is 1.82 bits per heavy atom. The molecular weight excluding hydrogens is 160 g/mol. The van der Waals surface area contributed by atoms with Gasteiger partial charge in [0.15, 0.2) is 0 Å². The molecule has 5 heteroatoms. The van der Waals surface area contributed by atoms with Gasteiger partial charge in [-0.25, -0.2) is 0 Å². The van der Waals surface area contributed by atoms with E-state index in [1.807, 2.05) is 0 Å². The fourth-order valence-corrected chi connectivity index (χ4v) is 2.99. The van der Waals surface area contributed by atoms with E-state index in [-0.39, 0.29) is 5.91 Å². The van der Waals surface area contributed by atoms with Gasteiger partial charge in [-0.3, -0.25) is 0 Å². The third-order valence-electron chi connectivity index (χ3n) is 1.69. The smallest absolute Gasteiger partial charge is 0.138 e. The maximum atomic E-state index is 5.56. The molecule has 0 aromatic heterocycles. The number of ether oxygens (including phenoxy) is 2. The Kier molecular flexibility index (Phi) is 6.78. The number of hydrogen-bond acceptors (Lipinski definition) is 4. The van der Waals surface area contributed by atoms with Crippen LogP contribution in [0.25, 0.3) is 0 Å². The summed E-state index contributed by atoms with van der Waals surface area (Å²) >= 11 is 0. The normalized spacial score (nSPS) is 13.9. The predicted molar refractivity (Wildman–Crippen MR) is 47.9 cm³/mol. The van der Waals surface area contributed by atoms with Gasteiger partial charge in [0.2, 0.25) is 0 Å². The van der Waals surface area contributed by atoms with Crippen LogP contribution in [-0.4, -0.2) is 41.6 Å². The van der Waals surface area contributed by atoms with Crippen LogP contribution in [0.15, 0.2) is 0 Å². The molecule has 0 radical (unpaired) electrons. The molecule has 0 aliphatic rings. The molecule has 0 spiro atoms. The second-order valence-electron chi connectivity index (χ2n) is 2.41. The summed E-state index contributed by atoms with van der Waals surface area (Å²) in [6.45, 7) is 0.678. The van der Waals surface area contributed by atoms with Crippen molar-refractivity contribution in [3.63, 3.8) is 0 Å². The second-order valence-corrected chi connectivity index (χ2v) is 5.53. The molecule has 0 aromatic rings. The Balaban J connectivity index is 3.76. The molecule has 0 saturated carbocycles. The van der Waals surface area contributed by atoms with E-state index in [0.717, 1.165) is 6.04 Å². The topological polar surface area (TPSA) is 70.5 Å². The monoisotopic (exact) mass is 178 g/mol. The molecule has 0 saturated heterocycles. The lowest BCUT2D eigenvalue weighted by atomic mass is 10.8. The molecule has 0 aliphatic carbocycles. The molecule has 68 valence electrons. The van der Waals surface area contributed by atoms with Crippen molar-refractivity contribution in [2.45, 2.75) is 12.0 Å². The van der Waals surface area contributed by atoms with E-state index in [4.69, 9.17) is 20.9 Å². The van der Waals surface area contributed by atoms with Gasteiger partial charge in [0.05, 0.1) is 0 Å². The van der Waals surface area contributed by atoms with Crippen LogP contribution in [-0.2, 0) is 9.47 Å². The van der Waals surface area contributed by atoms with E-state index in [1.54, 1.807) is 14.2 Å². The van der Waals surface area contributed by atoms with Crippen LogP contribution in [0.3, 0.4) is 0 Å². The first-order chi connectivity index (χ1) is 5.29. The minimum atomic E-state index is -1.12. The molecule has 4 N–H and O–H groups in total. The molecule has 1 atom stereocenters. The van der Waals surface area contributed by atoms with Crippen molar-refractivity contribution < 1.29 is 9.47 Å². The minimum Gasteiger partial charge on any atom is -0.360 e. The lowest BCUT2D eigenvalue weighted by molar-refractivity contribution is -0.0473. The highest BCUT2D eigenvalue weighted by molar-refractivity contribution is 6.60. The van der Waals surface area contributed by atoms with Gasteiger partial charge >= 0.3 is 0 Å². The van der Waals surface area contributed by atoms with Crippen LogP contribution >= 0.6 is 0 Å². The van der Waals surface area contributed by atoms with Crippen molar-refractivity contribution in [2.24, 2.45) is 11.5 Å². The van der Waals surface area contributed by atoms with Crippen LogP contribution in [0.4, 0.5) is 0 Å². The van der Waals surface area contributed by atoms with E-state index < -0.39 is 8.80 Å². The Hall–Kier alpha value is 0.0569. The van der Waals surface area contributed by atoms with Gasteiger partial charge in [0.1, 0.15) is 14.7 Å². The molecule has 1 unspecified atom stereocenters.